The number of halogens is 3. The molecule has 0 saturated heterocycles. The van der Waals surface area contributed by atoms with E-state index < -0.39 is 28.6 Å². The van der Waals surface area contributed by atoms with Crippen LogP contribution in [0.4, 0.5) is 13.2 Å². The van der Waals surface area contributed by atoms with Crippen molar-refractivity contribution >= 4 is 16.9 Å². The van der Waals surface area contributed by atoms with E-state index in [1.165, 1.54) is 12.1 Å². The highest BCUT2D eigenvalue weighted by atomic mass is 32.2. The Balaban J connectivity index is 1.87. The molecule has 0 aromatic heterocycles. The fourth-order valence-corrected chi connectivity index (χ4v) is 4.53. The van der Waals surface area contributed by atoms with Gasteiger partial charge in [-0.2, -0.15) is 13.2 Å². The van der Waals surface area contributed by atoms with E-state index in [0.29, 0.717) is 0 Å². The first-order valence-electron chi connectivity index (χ1n) is 8.29. The first kappa shape index (κ1) is 19.8. The molecule has 0 spiro atoms. The van der Waals surface area contributed by atoms with Crippen molar-refractivity contribution in [3.63, 3.8) is 0 Å². The molecule has 0 amide bonds. The van der Waals surface area contributed by atoms with Crippen molar-refractivity contribution < 1.29 is 22.7 Å². The molecule has 0 saturated carbocycles. The van der Waals surface area contributed by atoms with Crippen LogP contribution in [0.3, 0.4) is 0 Å². The third kappa shape index (κ3) is 4.64. The predicted molar refractivity (Wildman–Crippen MR) is 102 cm³/mol. The lowest BCUT2D eigenvalue weighted by Crippen LogP contribution is -2.23. The molecule has 0 aliphatic rings. The summed E-state index contributed by atoms with van der Waals surface area (Å²) in [6, 6.07) is 26.3. The standard InChI is InChI=1S/C22H16F3O2S/c1-16(22(23,24)25)21(26)27-17-12-14-20(15-13-17)28(18-8-4-2-5-9-18)19-10-6-3-7-11-19/h2-15H,1H2/q+1. The maximum absolute atomic E-state index is 12.5. The smallest absolute Gasteiger partial charge is 0.422 e. The Morgan fingerprint density at radius 1 is 0.750 bits per heavy atom. The summed E-state index contributed by atoms with van der Waals surface area (Å²) in [5, 5.41) is 0. The van der Waals surface area contributed by atoms with Crippen LogP contribution >= 0.6 is 0 Å². The highest BCUT2D eigenvalue weighted by molar-refractivity contribution is 7.97. The fraction of sp³-hybridized carbons (Fsp3) is 0.0455. The summed E-state index contributed by atoms with van der Waals surface area (Å²) in [5.74, 6) is -1.48. The summed E-state index contributed by atoms with van der Waals surface area (Å²) in [7, 11) is -0.396. The number of rotatable bonds is 5. The number of carbonyl (C=O) groups is 1. The van der Waals surface area contributed by atoms with Gasteiger partial charge in [-0.3, -0.25) is 0 Å². The van der Waals surface area contributed by atoms with Crippen molar-refractivity contribution in [2.24, 2.45) is 0 Å². The molecule has 0 aliphatic carbocycles. The van der Waals surface area contributed by atoms with Gasteiger partial charge in [-0.15, -0.1) is 0 Å². The average Bonchev–Trinajstić information content (AvgIpc) is 2.70. The van der Waals surface area contributed by atoms with Gasteiger partial charge < -0.3 is 4.74 Å². The number of alkyl halides is 3. The molecular weight excluding hydrogens is 385 g/mol. The van der Waals surface area contributed by atoms with Crippen molar-refractivity contribution in [1.82, 2.24) is 0 Å². The molecule has 3 rings (SSSR count). The Morgan fingerprint density at radius 3 is 1.61 bits per heavy atom. The Hall–Kier alpha value is -2.99. The van der Waals surface area contributed by atoms with Crippen molar-refractivity contribution in [2.75, 3.05) is 0 Å². The monoisotopic (exact) mass is 401 g/mol. The molecule has 6 heteroatoms. The van der Waals surface area contributed by atoms with Crippen LogP contribution in [-0.4, -0.2) is 12.1 Å². The summed E-state index contributed by atoms with van der Waals surface area (Å²) in [4.78, 5) is 14.7. The minimum absolute atomic E-state index is 0.0313. The molecule has 3 aromatic carbocycles. The topological polar surface area (TPSA) is 26.3 Å². The zero-order valence-corrected chi connectivity index (χ0v) is 15.5. The van der Waals surface area contributed by atoms with Crippen LogP contribution in [0.2, 0.25) is 0 Å². The van der Waals surface area contributed by atoms with Crippen LogP contribution < -0.4 is 4.74 Å². The van der Waals surface area contributed by atoms with E-state index in [2.05, 4.69) is 6.58 Å². The van der Waals surface area contributed by atoms with Crippen LogP contribution in [-0.2, 0) is 15.7 Å². The van der Waals surface area contributed by atoms with Crippen molar-refractivity contribution in [3.8, 4) is 5.75 Å². The van der Waals surface area contributed by atoms with E-state index in [9.17, 15) is 18.0 Å². The lowest BCUT2D eigenvalue weighted by molar-refractivity contribution is -0.142. The van der Waals surface area contributed by atoms with E-state index in [1.54, 1.807) is 12.1 Å². The minimum atomic E-state index is -4.82. The van der Waals surface area contributed by atoms with Crippen molar-refractivity contribution in [1.29, 1.82) is 0 Å². The molecule has 2 nitrogen and oxygen atoms in total. The van der Waals surface area contributed by atoms with Crippen LogP contribution in [0, 0.1) is 0 Å². The van der Waals surface area contributed by atoms with Gasteiger partial charge in [-0.1, -0.05) is 43.0 Å². The molecule has 0 bridgehead atoms. The van der Waals surface area contributed by atoms with Gasteiger partial charge in [0.1, 0.15) is 11.3 Å². The van der Waals surface area contributed by atoms with Crippen LogP contribution in [0.15, 0.2) is 112 Å². The summed E-state index contributed by atoms with van der Waals surface area (Å²) in [6.07, 6.45) is -4.82. The Bertz CT molecular complexity index is 913. The zero-order valence-electron chi connectivity index (χ0n) is 14.6. The van der Waals surface area contributed by atoms with E-state index in [-0.39, 0.29) is 5.75 Å². The van der Waals surface area contributed by atoms with Crippen LogP contribution in [0.5, 0.6) is 5.75 Å². The summed E-state index contributed by atoms with van der Waals surface area (Å²) in [6.45, 7) is 2.75. The molecular formula is C22H16F3O2S+. The largest absolute Gasteiger partial charge is 0.423 e. The SMILES string of the molecule is C=C(C(=O)Oc1ccc([S+](c2ccccc2)c2ccccc2)cc1)C(F)(F)F. The number of esters is 1. The first-order valence-corrected chi connectivity index (χ1v) is 9.51. The molecule has 0 heterocycles. The second kappa shape index (κ2) is 8.35. The molecule has 142 valence electrons. The summed E-state index contributed by atoms with van der Waals surface area (Å²) >= 11 is 0. The third-order valence-electron chi connectivity index (χ3n) is 3.82. The Labute approximate surface area is 163 Å². The zero-order chi connectivity index (χ0) is 20.1. The molecule has 28 heavy (non-hydrogen) atoms. The minimum Gasteiger partial charge on any atom is -0.423 e. The second-order valence-electron chi connectivity index (χ2n) is 5.77. The molecule has 0 atom stereocenters. The van der Waals surface area contributed by atoms with Gasteiger partial charge in [-0.25, -0.2) is 4.79 Å². The second-order valence-corrected chi connectivity index (χ2v) is 7.80. The Kier molecular flexibility index (Phi) is 5.90. The maximum Gasteiger partial charge on any atom is 0.422 e. The van der Waals surface area contributed by atoms with Gasteiger partial charge in [-0.05, 0) is 48.5 Å². The van der Waals surface area contributed by atoms with Gasteiger partial charge in [0, 0.05) is 0 Å². The highest BCUT2D eigenvalue weighted by Crippen LogP contribution is 2.32. The molecule has 0 unspecified atom stereocenters. The molecule has 0 radical (unpaired) electrons. The number of hydrogen-bond donors (Lipinski definition) is 0. The van der Waals surface area contributed by atoms with Gasteiger partial charge in [0.05, 0.1) is 10.9 Å². The first-order chi connectivity index (χ1) is 13.4. The van der Waals surface area contributed by atoms with Gasteiger partial charge in [0.25, 0.3) is 0 Å². The van der Waals surface area contributed by atoms with E-state index in [0.717, 1.165) is 14.7 Å². The lowest BCUT2D eigenvalue weighted by atomic mass is 10.3. The number of benzene rings is 3. The summed E-state index contributed by atoms with van der Waals surface area (Å²) in [5.41, 5.74) is -1.54. The van der Waals surface area contributed by atoms with Gasteiger partial charge >= 0.3 is 12.1 Å². The molecule has 3 aromatic rings. The van der Waals surface area contributed by atoms with Crippen LogP contribution in [0.25, 0.3) is 0 Å². The summed E-state index contributed by atoms with van der Waals surface area (Å²) < 4.78 is 42.4. The number of hydrogen-bond acceptors (Lipinski definition) is 2. The lowest BCUT2D eigenvalue weighted by Gasteiger charge is -2.10. The average molecular weight is 401 g/mol. The quantitative estimate of drug-likeness (QED) is 0.234. The van der Waals surface area contributed by atoms with Crippen molar-refractivity contribution in [3.05, 3.63) is 97.1 Å². The van der Waals surface area contributed by atoms with Gasteiger partial charge in [0.2, 0.25) is 0 Å². The predicted octanol–water partition coefficient (Wildman–Crippen LogP) is 5.81. The molecule has 0 N–H and O–H groups in total. The van der Waals surface area contributed by atoms with E-state index >= 15 is 0 Å². The molecule has 0 fully saturated rings. The number of carbonyl (C=O) groups excluding carboxylic acids is 1. The van der Waals surface area contributed by atoms with E-state index in [1.807, 2.05) is 60.7 Å². The maximum atomic E-state index is 12.5. The normalized spacial score (nSPS) is 11.3. The molecule has 0 aliphatic heterocycles. The Morgan fingerprint density at radius 2 is 1.18 bits per heavy atom. The highest BCUT2D eigenvalue weighted by Gasteiger charge is 2.38. The fourth-order valence-electron chi connectivity index (χ4n) is 2.45. The number of ether oxygens (including phenoxy) is 1. The van der Waals surface area contributed by atoms with Crippen molar-refractivity contribution in [2.45, 2.75) is 20.9 Å². The van der Waals surface area contributed by atoms with E-state index in [4.69, 9.17) is 4.74 Å². The third-order valence-corrected chi connectivity index (χ3v) is 6.05. The van der Waals surface area contributed by atoms with Gasteiger partial charge in [0.15, 0.2) is 14.7 Å². The van der Waals surface area contributed by atoms with Crippen LogP contribution in [0.1, 0.15) is 0 Å².